The van der Waals surface area contributed by atoms with Gasteiger partial charge in [-0.1, -0.05) is 72.8 Å². The highest BCUT2D eigenvalue weighted by atomic mass is 16.6. The highest BCUT2D eigenvalue weighted by molar-refractivity contribution is 5.96. The third kappa shape index (κ3) is 25.9. The van der Waals surface area contributed by atoms with E-state index in [0.29, 0.717) is 19.8 Å². The van der Waals surface area contributed by atoms with Gasteiger partial charge in [-0.15, -0.1) is 0 Å². The molecule has 7 rings (SSSR count). The highest BCUT2D eigenvalue weighted by Gasteiger charge is 2.42. The van der Waals surface area contributed by atoms with Crippen molar-refractivity contribution < 1.29 is 106 Å². The first-order valence-corrected chi connectivity index (χ1v) is 27.4. The average Bonchev–Trinajstić information content (AvgIpc) is 3.73. The molecule has 4 aromatic rings. The number of hydrogen-bond donors (Lipinski definition) is 7. The van der Waals surface area contributed by atoms with Gasteiger partial charge in [-0.2, -0.15) is 0 Å². The summed E-state index contributed by atoms with van der Waals surface area (Å²) >= 11 is 0. The van der Waals surface area contributed by atoms with Crippen LogP contribution in [0.5, 0.6) is 0 Å². The van der Waals surface area contributed by atoms with Gasteiger partial charge in [0.15, 0.2) is 0 Å². The average molecular weight is 1190 g/mol. The molecule has 25 heteroatoms. The molecule has 25 nitrogen and oxygen atoms in total. The molecule has 0 saturated carbocycles. The van der Waals surface area contributed by atoms with Crippen molar-refractivity contribution in [3.05, 3.63) is 144 Å². The van der Waals surface area contributed by atoms with Crippen molar-refractivity contribution in [1.82, 2.24) is 16.0 Å². The second-order valence-electron chi connectivity index (χ2n) is 18.5. The first kappa shape index (κ1) is 70.2. The molecule has 3 fully saturated rings. The van der Waals surface area contributed by atoms with E-state index in [0.717, 1.165) is 77.8 Å². The topological polar surface area (TPSA) is 369 Å². The van der Waals surface area contributed by atoms with Crippen LogP contribution in [0.2, 0.25) is 0 Å². The summed E-state index contributed by atoms with van der Waals surface area (Å²) in [5, 5.41) is 46.5. The minimum Gasteiger partial charge on any atom is -0.478 e. The second kappa shape index (κ2) is 39.4. The van der Waals surface area contributed by atoms with Gasteiger partial charge in [0.2, 0.25) is 24.4 Å². The lowest BCUT2D eigenvalue weighted by atomic mass is 10.0. The van der Waals surface area contributed by atoms with Crippen molar-refractivity contribution in [1.29, 1.82) is 0 Å². The summed E-state index contributed by atoms with van der Waals surface area (Å²) in [5.41, 5.74) is 0.101. The summed E-state index contributed by atoms with van der Waals surface area (Å²) < 4.78 is 33.8. The van der Waals surface area contributed by atoms with Crippen molar-refractivity contribution in [3.63, 3.8) is 0 Å². The molecule has 2 unspecified atom stereocenters. The summed E-state index contributed by atoms with van der Waals surface area (Å²) in [5.74, 6) is -11.1. The van der Waals surface area contributed by atoms with Gasteiger partial charge in [0, 0.05) is 19.6 Å². The highest BCUT2D eigenvalue weighted by Crippen LogP contribution is 2.17. The van der Waals surface area contributed by atoms with Gasteiger partial charge in [-0.3, -0.25) is 14.4 Å². The molecule has 4 aromatic carbocycles. The van der Waals surface area contributed by atoms with Crippen molar-refractivity contribution >= 4 is 65.7 Å². The van der Waals surface area contributed by atoms with E-state index in [1.54, 1.807) is 24.3 Å². The molecule has 0 bridgehead atoms. The molecule has 7 N–H and O–H groups in total. The van der Waals surface area contributed by atoms with E-state index >= 15 is 0 Å². The van der Waals surface area contributed by atoms with Crippen molar-refractivity contribution in [2.24, 2.45) is 17.8 Å². The Bertz CT molecular complexity index is 2380. The molecule has 0 amide bonds. The molecule has 85 heavy (non-hydrogen) atoms. The molecular formula is C60H73N3O22. The Balaban J connectivity index is 0.000000296. The second-order valence-corrected chi connectivity index (χ2v) is 18.5. The van der Waals surface area contributed by atoms with Crippen LogP contribution in [0.25, 0.3) is 0 Å². The fraction of sp³-hybridized carbons (Fsp3) is 0.417. The SMILES string of the molecule is CCOC(=O)C1CCCNC1.CCOC(=O)C1CCCNC1.CCOC(=O)[C@H]1CCCNC1.O=C(O[C@@H](C(=O)O)[C@@H](OC(=O)c1ccccc1)C(=O)O)c1ccccc1.O=C(O[C@@H](C(=O)O)[C@@H](OC(=O)c1ccccc1)C(=O)O)c1ccccc1. The summed E-state index contributed by atoms with van der Waals surface area (Å²) in [4.78, 5) is 127. The lowest BCUT2D eigenvalue weighted by Crippen LogP contribution is -2.45. The minimum atomic E-state index is -2.21. The lowest BCUT2D eigenvalue weighted by Gasteiger charge is -2.21. The number of carbonyl (C=O) groups excluding carboxylic acids is 7. The predicted octanol–water partition coefficient (Wildman–Crippen LogP) is 4.86. The largest absolute Gasteiger partial charge is 0.478 e. The fourth-order valence-electron chi connectivity index (χ4n) is 7.94. The van der Waals surface area contributed by atoms with Crippen LogP contribution in [0.15, 0.2) is 121 Å². The number of rotatable bonds is 20. The van der Waals surface area contributed by atoms with Gasteiger partial charge in [0.1, 0.15) is 0 Å². The van der Waals surface area contributed by atoms with Crippen LogP contribution in [0, 0.1) is 17.8 Å². The number of ether oxygens (including phenoxy) is 7. The molecular weight excluding hydrogens is 1110 g/mol. The van der Waals surface area contributed by atoms with E-state index in [1.807, 2.05) is 20.8 Å². The van der Waals surface area contributed by atoms with Gasteiger partial charge in [-0.25, -0.2) is 38.4 Å². The van der Waals surface area contributed by atoms with Crippen LogP contribution in [0.3, 0.4) is 0 Å². The summed E-state index contributed by atoms with van der Waals surface area (Å²) in [6, 6.07) is 29.7. The number of hydrogen-bond acceptors (Lipinski definition) is 21. The van der Waals surface area contributed by atoms with Gasteiger partial charge in [-0.05, 0) is 127 Å². The number of carboxylic acid groups (broad SMARTS) is 4. The van der Waals surface area contributed by atoms with E-state index in [4.69, 9.17) is 33.2 Å². The fourth-order valence-corrected chi connectivity index (χ4v) is 7.94. The molecule has 0 aliphatic carbocycles. The first-order valence-electron chi connectivity index (χ1n) is 27.4. The third-order valence-corrected chi connectivity index (χ3v) is 12.2. The number of nitrogens with one attached hydrogen (secondary N) is 3. The van der Waals surface area contributed by atoms with E-state index < -0.39 is 72.2 Å². The van der Waals surface area contributed by atoms with Crippen molar-refractivity contribution in [3.8, 4) is 0 Å². The third-order valence-electron chi connectivity index (χ3n) is 12.2. The Morgan fingerprint density at radius 1 is 0.365 bits per heavy atom. The molecule has 3 saturated heterocycles. The quantitative estimate of drug-likeness (QED) is 0.0459. The molecule has 3 heterocycles. The Hall–Kier alpha value is -9.07. The van der Waals surface area contributed by atoms with Crippen LogP contribution in [0.4, 0.5) is 0 Å². The van der Waals surface area contributed by atoms with Gasteiger partial charge >= 0.3 is 65.7 Å². The maximum atomic E-state index is 12.0. The first-order chi connectivity index (χ1) is 40.8. The molecule has 460 valence electrons. The van der Waals surface area contributed by atoms with Crippen molar-refractivity contribution in [2.75, 3.05) is 59.1 Å². The summed E-state index contributed by atoms with van der Waals surface area (Å²) in [6.07, 6.45) is -2.67. The lowest BCUT2D eigenvalue weighted by molar-refractivity contribution is -0.166. The standard InChI is InChI=1S/2C18H14O8.3C8H15NO2/c2*19-15(20)13(25-17(23)11-7-3-1-4-8-11)14(16(21)22)26-18(24)12-9-5-2-6-10-12;3*1-2-11-8(10)7-4-3-5-9-6-7/h2*1-10,13-14H,(H,19,20)(H,21,22);3*7,9H,2-6H2,1H3/t2*13-,14-;7-;;/m110../s1. The van der Waals surface area contributed by atoms with Crippen LogP contribution in [-0.4, -0.2) is 170 Å². The zero-order chi connectivity index (χ0) is 62.5. The van der Waals surface area contributed by atoms with E-state index in [1.165, 1.54) is 97.1 Å². The van der Waals surface area contributed by atoms with Crippen molar-refractivity contribution in [2.45, 2.75) is 83.7 Å². The molecule has 0 aromatic heterocycles. The normalized spacial score (nSPS) is 17.2. The van der Waals surface area contributed by atoms with Crippen LogP contribution < -0.4 is 16.0 Å². The van der Waals surface area contributed by atoms with Gasteiger partial charge in [0.05, 0.1) is 59.8 Å². The van der Waals surface area contributed by atoms with Gasteiger partial charge < -0.3 is 69.5 Å². The van der Waals surface area contributed by atoms with Crippen LogP contribution >= 0.6 is 0 Å². The van der Waals surface area contributed by atoms with E-state index in [9.17, 15) is 73.2 Å². The molecule has 0 spiro atoms. The Kier molecular flexibility index (Phi) is 32.6. The Labute approximate surface area is 490 Å². The van der Waals surface area contributed by atoms with E-state index in [2.05, 4.69) is 16.0 Å². The van der Waals surface area contributed by atoms with Crippen LogP contribution in [-0.2, 0) is 66.7 Å². The molecule has 7 atom stereocenters. The zero-order valence-electron chi connectivity index (χ0n) is 47.3. The van der Waals surface area contributed by atoms with E-state index in [-0.39, 0.29) is 57.9 Å². The summed E-state index contributed by atoms with van der Waals surface area (Å²) in [6.45, 7) is 12.5. The zero-order valence-corrected chi connectivity index (χ0v) is 47.3. The maximum Gasteiger partial charge on any atom is 0.349 e. The number of benzene rings is 4. The number of aliphatic carboxylic acids is 4. The maximum absolute atomic E-state index is 12.0. The summed E-state index contributed by atoms with van der Waals surface area (Å²) in [7, 11) is 0. The smallest absolute Gasteiger partial charge is 0.349 e. The molecule has 3 aliphatic heterocycles. The number of carboxylic acids is 4. The monoisotopic (exact) mass is 1190 g/mol. The van der Waals surface area contributed by atoms with Gasteiger partial charge in [0.25, 0.3) is 0 Å². The Morgan fingerprint density at radius 3 is 0.718 bits per heavy atom. The number of carbonyl (C=O) groups is 11. The predicted molar refractivity (Wildman–Crippen MR) is 300 cm³/mol. The molecule has 3 aliphatic rings. The molecule has 0 radical (unpaired) electrons. The minimum absolute atomic E-state index is 0.0253. The Morgan fingerprint density at radius 2 is 0.565 bits per heavy atom. The number of esters is 7. The number of piperidine rings is 3. The van der Waals surface area contributed by atoms with Crippen LogP contribution in [0.1, 0.15) is 101 Å².